The largest absolute Gasteiger partial charge is 0.497 e. The Labute approximate surface area is 239 Å². The van der Waals surface area contributed by atoms with Crippen molar-refractivity contribution in [1.82, 2.24) is 0 Å². The number of fused-ring (bicyclic) bond motifs is 1. The molecule has 0 saturated heterocycles. The number of anilines is 1. The number of nitrogens with one attached hydrogen (secondary N) is 2. The second kappa shape index (κ2) is 13.8. The predicted octanol–water partition coefficient (Wildman–Crippen LogP) is 6.29. The SMILES string of the molecule is CCN1/C(=C\C=N)C(C)(Cc2cc(OC)c(OC)cc2F)c2cc(OC)ccc21.N=C(O)c1ccccc1.[Co]. The summed E-state index contributed by atoms with van der Waals surface area (Å²) in [5.41, 5.74) is 3.57. The van der Waals surface area contributed by atoms with E-state index in [9.17, 15) is 4.39 Å². The molecule has 4 rings (SSSR count). The van der Waals surface area contributed by atoms with Gasteiger partial charge in [-0.15, -0.1) is 0 Å². The van der Waals surface area contributed by atoms with Crippen LogP contribution in [0.25, 0.3) is 0 Å². The number of rotatable bonds is 8. The van der Waals surface area contributed by atoms with Gasteiger partial charge >= 0.3 is 0 Å². The van der Waals surface area contributed by atoms with Gasteiger partial charge in [0.1, 0.15) is 11.6 Å². The molecule has 0 bridgehead atoms. The molecular formula is C30H34CoFN3O4. The van der Waals surface area contributed by atoms with Crippen LogP contribution >= 0.6 is 0 Å². The summed E-state index contributed by atoms with van der Waals surface area (Å²) in [5, 5.41) is 23.1. The number of allylic oxidation sites excluding steroid dienone is 2. The third-order valence-electron chi connectivity index (χ3n) is 6.65. The van der Waals surface area contributed by atoms with Crippen LogP contribution < -0.4 is 19.1 Å². The second-order valence-corrected chi connectivity index (χ2v) is 8.87. The van der Waals surface area contributed by atoms with Crippen molar-refractivity contribution in [2.24, 2.45) is 0 Å². The molecule has 0 amide bonds. The Morgan fingerprint density at radius 2 is 1.64 bits per heavy atom. The summed E-state index contributed by atoms with van der Waals surface area (Å²) in [4.78, 5) is 2.17. The minimum atomic E-state index is -0.544. The Morgan fingerprint density at radius 1 is 1.00 bits per heavy atom. The first-order valence-electron chi connectivity index (χ1n) is 12.1. The zero-order valence-electron chi connectivity index (χ0n) is 22.7. The standard InChI is InChI=1S/C23H27FN2O3.C7H7NO.Co/c1-6-26-19-8-7-16(27-3)12-17(19)23(2,22(26)9-10-25)14-15-11-20(28-4)21(29-5)13-18(15)24;8-7(9)6-4-2-1-3-5-6;/h7-13,25H,6,14H2,1-5H3;1-5H,(H2,8,9);/b22-9-,25-10?;;. The number of ether oxygens (including phenoxy) is 3. The van der Waals surface area contributed by atoms with Gasteiger partial charge < -0.3 is 29.6 Å². The quantitative estimate of drug-likeness (QED) is 0.216. The Bertz CT molecular complexity index is 1330. The summed E-state index contributed by atoms with van der Waals surface area (Å²) in [6, 6.07) is 17.8. The maximum absolute atomic E-state index is 15.0. The van der Waals surface area contributed by atoms with Crippen LogP contribution in [0.1, 0.15) is 30.5 Å². The molecule has 0 saturated carbocycles. The van der Waals surface area contributed by atoms with Gasteiger partial charge in [-0.05, 0) is 73.9 Å². The van der Waals surface area contributed by atoms with Gasteiger partial charge in [-0.3, -0.25) is 5.41 Å². The van der Waals surface area contributed by atoms with Crippen LogP contribution in [0.15, 0.2) is 72.4 Å². The van der Waals surface area contributed by atoms with E-state index in [0.29, 0.717) is 29.0 Å². The average molecular weight is 579 g/mol. The summed E-state index contributed by atoms with van der Waals surface area (Å²) in [6.45, 7) is 4.88. The minimum Gasteiger partial charge on any atom is -0.497 e. The third kappa shape index (κ3) is 6.61. The van der Waals surface area contributed by atoms with Gasteiger partial charge in [0, 0.05) is 58.0 Å². The monoisotopic (exact) mass is 578 g/mol. The molecule has 0 aliphatic carbocycles. The molecule has 1 heterocycles. The maximum atomic E-state index is 15.0. The number of benzene rings is 3. The Hall–Kier alpha value is -3.82. The Kier molecular flexibility index (Phi) is 11.1. The summed E-state index contributed by atoms with van der Waals surface area (Å²) in [6.07, 6.45) is 3.47. The molecule has 1 unspecified atom stereocenters. The van der Waals surface area contributed by atoms with Crippen molar-refractivity contribution < 1.29 is 40.5 Å². The van der Waals surface area contributed by atoms with Crippen molar-refractivity contribution in [2.75, 3.05) is 32.8 Å². The molecule has 0 spiro atoms. The number of methoxy groups -OCH3 is 3. The maximum Gasteiger partial charge on any atom is 0.210 e. The molecule has 0 aromatic heterocycles. The van der Waals surface area contributed by atoms with E-state index in [-0.39, 0.29) is 28.5 Å². The zero-order chi connectivity index (χ0) is 27.9. The van der Waals surface area contributed by atoms with Crippen LogP contribution in [0.5, 0.6) is 17.2 Å². The van der Waals surface area contributed by atoms with E-state index in [2.05, 4.69) is 18.7 Å². The van der Waals surface area contributed by atoms with Gasteiger partial charge in [0.05, 0.1) is 21.3 Å². The second-order valence-electron chi connectivity index (χ2n) is 8.87. The van der Waals surface area contributed by atoms with E-state index in [4.69, 9.17) is 30.1 Å². The van der Waals surface area contributed by atoms with Crippen molar-refractivity contribution in [1.29, 1.82) is 10.8 Å². The van der Waals surface area contributed by atoms with Crippen molar-refractivity contribution in [3.8, 4) is 17.2 Å². The van der Waals surface area contributed by atoms with E-state index in [1.165, 1.54) is 26.5 Å². The number of likely N-dealkylation sites (N-methyl/N-ethyl adjacent to an activating group) is 1. The first-order valence-corrected chi connectivity index (χ1v) is 12.1. The van der Waals surface area contributed by atoms with Crippen LogP contribution in [0, 0.1) is 16.6 Å². The van der Waals surface area contributed by atoms with Crippen LogP contribution in [-0.4, -0.2) is 45.1 Å². The summed E-state index contributed by atoms with van der Waals surface area (Å²) in [5.74, 6) is 0.863. The summed E-state index contributed by atoms with van der Waals surface area (Å²) < 4.78 is 31.0. The molecule has 39 heavy (non-hydrogen) atoms. The molecule has 1 atom stereocenters. The molecule has 9 heteroatoms. The number of halogens is 1. The Morgan fingerprint density at radius 3 is 2.15 bits per heavy atom. The molecular weight excluding hydrogens is 544 g/mol. The average Bonchev–Trinajstić information content (AvgIpc) is 3.16. The van der Waals surface area contributed by atoms with Gasteiger partial charge in [-0.25, -0.2) is 4.39 Å². The van der Waals surface area contributed by atoms with E-state index >= 15 is 0 Å². The Balaban J connectivity index is 0.000000453. The number of aliphatic hydroxyl groups is 1. The van der Waals surface area contributed by atoms with Crippen LogP contribution in [-0.2, 0) is 28.6 Å². The fourth-order valence-electron chi connectivity index (χ4n) is 4.77. The van der Waals surface area contributed by atoms with Crippen molar-refractivity contribution >= 4 is 17.8 Å². The summed E-state index contributed by atoms with van der Waals surface area (Å²) in [7, 11) is 4.66. The van der Waals surface area contributed by atoms with Crippen LogP contribution in [0.3, 0.4) is 0 Å². The summed E-state index contributed by atoms with van der Waals surface area (Å²) >= 11 is 0. The van der Waals surface area contributed by atoms with E-state index in [1.807, 2.05) is 24.3 Å². The van der Waals surface area contributed by atoms with E-state index in [1.54, 1.807) is 43.5 Å². The van der Waals surface area contributed by atoms with Crippen molar-refractivity contribution in [2.45, 2.75) is 25.7 Å². The van der Waals surface area contributed by atoms with Crippen molar-refractivity contribution in [3.63, 3.8) is 0 Å². The number of aliphatic hydroxyl groups excluding tert-OH is 1. The molecule has 7 nitrogen and oxygen atoms in total. The van der Waals surface area contributed by atoms with Gasteiger partial charge in [-0.2, -0.15) is 0 Å². The van der Waals surface area contributed by atoms with E-state index in [0.717, 1.165) is 29.2 Å². The van der Waals surface area contributed by atoms with Gasteiger partial charge in [-0.1, -0.05) is 18.2 Å². The number of hydrogen-bond donors (Lipinski definition) is 3. The van der Waals surface area contributed by atoms with E-state index < -0.39 is 5.41 Å². The minimum absolute atomic E-state index is 0. The molecule has 3 aromatic carbocycles. The fraction of sp³-hybridized carbons (Fsp3) is 0.267. The molecule has 3 aromatic rings. The predicted molar refractivity (Wildman–Crippen MR) is 149 cm³/mol. The molecule has 1 aliphatic rings. The normalized spacial score (nSPS) is 16.4. The third-order valence-corrected chi connectivity index (χ3v) is 6.65. The zero-order valence-corrected chi connectivity index (χ0v) is 23.7. The van der Waals surface area contributed by atoms with Gasteiger partial charge in [0.2, 0.25) is 5.90 Å². The van der Waals surface area contributed by atoms with Gasteiger partial charge in [0.15, 0.2) is 11.5 Å². The molecule has 3 N–H and O–H groups in total. The van der Waals surface area contributed by atoms with Gasteiger partial charge in [0.25, 0.3) is 0 Å². The number of nitrogens with zero attached hydrogens (tertiary/aromatic N) is 1. The number of hydrogen-bond acceptors (Lipinski definition) is 6. The first kappa shape index (κ1) is 31.4. The fourth-order valence-corrected chi connectivity index (χ4v) is 4.77. The van der Waals surface area contributed by atoms with Crippen LogP contribution in [0.2, 0.25) is 0 Å². The van der Waals surface area contributed by atoms with Crippen LogP contribution in [0.4, 0.5) is 10.1 Å². The molecule has 1 radical (unpaired) electrons. The van der Waals surface area contributed by atoms with Crippen molar-refractivity contribution in [3.05, 3.63) is 94.9 Å². The topological polar surface area (TPSA) is 98.9 Å². The first-order chi connectivity index (χ1) is 18.2. The molecule has 1 aliphatic heterocycles. The molecule has 0 fully saturated rings. The molecule has 209 valence electrons. The smallest absolute Gasteiger partial charge is 0.210 e.